The number of aliphatic hydroxyl groups excluding tert-OH is 1. The van der Waals surface area contributed by atoms with Crippen LogP contribution >= 0.6 is 15.0 Å². The van der Waals surface area contributed by atoms with Gasteiger partial charge in [0, 0.05) is 35.7 Å². The van der Waals surface area contributed by atoms with Crippen LogP contribution in [0.1, 0.15) is 60.1 Å². The number of imidazole rings is 1. The molecule has 2 aliphatic rings. The van der Waals surface area contributed by atoms with Gasteiger partial charge in [-0.25, -0.2) is 15.0 Å². The Morgan fingerprint density at radius 1 is 1.25 bits per heavy atom. The Morgan fingerprint density at radius 3 is 2.66 bits per heavy atom. The van der Waals surface area contributed by atoms with Gasteiger partial charge in [0.05, 0.1) is 38.6 Å². The lowest BCUT2D eigenvalue weighted by Crippen LogP contribution is -2.50. The molecular formula is C33H51N8O11P2SSi+. The number of ether oxygens (including phenoxy) is 2. The number of nitriles is 1. The number of rotatable bonds is 19. The molecule has 3 aromatic rings. The zero-order valence-electron chi connectivity index (χ0n) is 32.4. The molecule has 4 heterocycles. The van der Waals surface area contributed by atoms with Crippen LogP contribution in [-0.4, -0.2) is 105 Å². The summed E-state index contributed by atoms with van der Waals surface area (Å²) < 4.78 is 57.3. The number of anilines is 1. The SMILES string of the molecule is CC(C)CNc1nc2c(ncn2[C@@H]2O[C@H](CO)[C@@H](O[Si](C)(C)C(C)(C)C)[C@H]2O[P@](=S)(OCCC#N)OC[C@H]2C[C@@H](Oc3ccncn3)C[C@@H]2O[P+](=O)O)c(=O)[nH]1. The van der Waals surface area contributed by atoms with Gasteiger partial charge in [-0.15, -0.1) is 9.42 Å². The average Bonchev–Trinajstić information content (AvgIpc) is 3.81. The highest BCUT2D eigenvalue weighted by Crippen LogP contribution is 2.56. The van der Waals surface area contributed by atoms with E-state index < -0.39 is 78.1 Å². The van der Waals surface area contributed by atoms with E-state index in [1.165, 1.54) is 23.4 Å². The monoisotopic (exact) mass is 857 g/mol. The molecule has 19 nitrogen and oxygen atoms in total. The van der Waals surface area contributed by atoms with Gasteiger partial charge in [0.15, 0.2) is 25.7 Å². The minimum absolute atomic E-state index is 0.0289. The number of fused-ring (bicyclic) bond motifs is 1. The van der Waals surface area contributed by atoms with Crippen LogP contribution in [0.4, 0.5) is 5.95 Å². The summed E-state index contributed by atoms with van der Waals surface area (Å²) in [5, 5.41) is 22.9. The molecule has 1 unspecified atom stereocenters. The van der Waals surface area contributed by atoms with Crippen molar-refractivity contribution >= 4 is 52.2 Å². The molecule has 23 heteroatoms. The fraction of sp³-hybridized carbons (Fsp3) is 0.697. The first-order chi connectivity index (χ1) is 26.4. The fourth-order valence-electron chi connectivity index (χ4n) is 6.06. The summed E-state index contributed by atoms with van der Waals surface area (Å²) >= 11 is 6.04. The summed E-state index contributed by atoms with van der Waals surface area (Å²) in [4.78, 5) is 42.6. The molecule has 9 atom stereocenters. The third-order valence-electron chi connectivity index (χ3n) is 9.90. The zero-order chi connectivity index (χ0) is 40.8. The molecule has 0 amide bonds. The van der Waals surface area contributed by atoms with Crippen molar-refractivity contribution in [3.8, 4) is 11.9 Å². The third-order valence-corrected chi connectivity index (χ3v) is 17.2. The Morgan fingerprint density at radius 2 is 2.02 bits per heavy atom. The van der Waals surface area contributed by atoms with Crippen molar-refractivity contribution in [1.29, 1.82) is 5.26 Å². The van der Waals surface area contributed by atoms with Gasteiger partial charge in [-0.1, -0.05) is 34.6 Å². The van der Waals surface area contributed by atoms with E-state index in [1.807, 2.05) is 33.0 Å². The summed E-state index contributed by atoms with van der Waals surface area (Å²) in [6, 6.07) is 3.63. The molecule has 308 valence electrons. The Hall–Kier alpha value is -2.83. The molecule has 1 aliphatic carbocycles. The van der Waals surface area contributed by atoms with Gasteiger partial charge in [0.2, 0.25) is 11.8 Å². The van der Waals surface area contributed by atoms with Gasteiger partial charge < -0.3 is 33.4 Å². The van der Waals surface area contributed by atoms with Crippen molar-refractivity contribution in [3.63, 3.8) is 0 Å². The highest BCUT2D eigenvalue weighted by Gasteiger charge is 2.54. The van der Waals surface area contributed by atoms with Crippen molar-refractivity contribution in [3.05, 3.63) is 35.3 Å². The van der Waals surface area contributed by atoms with Gasteiger partial charge in [0.1, 0.15) is 36.8 Å². The van der Waals surface area contributed by atoms with Crippen LogP contribution in [0.3, 0.4) is 0 Å². The molecule has 5 rings (SSSR count). The summed E-state index contributed by atoms with van der Waals surface area (Å²) in [7, 11) is -5.57. The predicted octanol–water partition coefficient (Wildman–Crippen LogP) is 4.71. The highest BCUT2D eigenvalue weighted by molar-refractivity contribution is 8.07. The standard InChI is InChI=1S/C33H50N8O11P2SSi/c1-20(2)15-36-32-39-29-26(30(43)40-32)38-19-41(29)31-28(27(24(16-42)49-31)52-56(6,7)33(3,4)5)51-54(55,46-12-8-10-34)47-17-21-13-22(14-23(21)50-53(44)45)48-25-9-11-35-18-37-25/h9,11,18-24,27-28,31,42H,8,12-17H2,1-7H3,(H2-,36,39,40,43,44,45)/p+1/t21-,22-,23+,24-,27-,28-,31-,54+/m1/s1. The van der Waals surface area contributed by atoms with Crippen LogP contribution in [-0.2, 0) is 43.6 Å². The minimum atomic E-state index is -3.85. The number of H-pyrrole nitrogens is 1. The highest BCUT2D eigenvalue weighted by atomic mass is 32.5. The summed E-state index contributed by atoms with van der Waals surface area (Å²) in [5.74, 6) is 0.324. The maximum absolute atomic E-state index is 13.2. The van der Waals surface area contributed by atoms with E-state index >= 15 is 0 Å². The molecule has 0 bridgehead atoms. The first-order valence-electron chi connectivity index (χ1n) is 18.3. The summed E-state index contributed by atoms with van der Waals surface area (Å²) in [5.41, 5.74) is -0.246. The first-order valence-corrected chi connectivity index (χ1v) is 24.9. The van der Waals surface area contributed by atoms with Crippen LogP contribution in [0, 0.1) is 23.2 Å². The van der Waals surface area contributed by atoms with Crippen LogP contribution in [0.2, 0.25) is 18.1 Å². The van der Waals surface area contributed by atoms with Crippen LogP contribution in [0.5, 0.6) is 5.88 Å². The van der Waals surface area contributed by atoms with E-state index in [9.17, 15) is 24.6 Å². The van der Waals surface area contributed by atoms with Crippen molar-refractivity contribution < 1.29 is 46.6 Å². The molecule has 1 saturated heterocycles. The number of aromatic amines is 1. The van der Waals surface area contributed by atoms with Crippen molar-refractivity contribution in [2.75, 3.05) is 31.7 Å². The van der Waals surface area contributed by atoms with Crippen LogP contribution < -0.4 is 15.6 Å². The van der Waals surface area contributed by atoms with E-state index in [4.69, 9.17) is 43.8 Å². The number of aliphatic hydroxyl groups is 1. The lowest BCUT2D eigenvalue weighted by Gasteiger charge is -2.41. The molecule has 3 aromatic heterocycles. The topological polar surface area (TPSA) is 247 Å². The molecule has 1 saturated carbocycles. The van der Waals surface area contributed by atoms with E-state index in [0.717, 1.165) is 0 Å². The fourth-order valence-corrected chi connectivity index (χ4v) is 9.98. The lowest BCUT2D eigenvalue weighted by atomic mass is 10.1. The Labute approximate surface area is 332 Å². The van der Waals surface area contributed by atoms with E-state index in [-0.39, 0.29) is 54.1 Å². The van der Waals surface area contributed by atoms with Crippen molar-refractivity contribution in [1.82, 2.24) is 29.5 Å². The number of aromatic nitrogens is 6. The third kappa shape index (κ3) is 11.0. The Balaban J connectivity index is 1.50. The van der Waals surface area contributed by atoms with E-state index in [2.05, 4.69) is 51.0 Å². The maximum atomic E-state index is 13.2. The summed E-state index contributed by atoms with van der Waals surface area (Å²) in [6.45, 7) is 10.3. The normalized spacial score (nSPS) is 25.7. The second kappa shape index (κ2) is 18.8. The Kier molecular flexibility index (Phi) is 14.9. The van der Waals surface area contributed by atoms with Gasteiger partial charge in [-0.05, 0) is 42.3 Å². The minimum Gasteiger partial charge on any atom is -0.474 e. The summed E-state index contributed by atoms with van der Waals surface area (Å²) in [6.07, 6.45) is -0.392. The molecule has 2 fully saturated rings. The second-order valence-electron chi connectivity index (χ2n) is 15.6. The second-order valence-corrected chi connectivity index (χ2v) is 24.0. The lowest BCUT2D eigenvalue weighted by molar-refractivity contribution is -0.0502. The average molecular weight is 858 g/mol. The zero-order valence-corrected chi connectivity index (χ0v) is 36.0. The molecule has 56 heavy (non-hydrogen) atoms. The van der Waals surface area contributed by atoms with Gasteiger partial charge in [-0.2, -0.15) is 10.2 Å². The van der Waals surface area contributed by atoms with Gasteiger partial charge in [0.25, 0.3) is 5.56 Å². The van der Waals surface area contributed by atoms with E-state index in [1.54, 1.807) is 6.07 Å². The van der Waals surface area contributed by atoms with Crippen LogP contribution in [0.15, 0.2) is 29.7 Å². The van der Waals surface area contributed by atoms with Crippen LogP contribution in [0.25, 0.3) is 11.2 Å². The first kappa shape index (κ1) is 44.3. The Bertz CT molecular complexity index is 1950. The molecular weight excluding hydrogens is 807 g/mol. The van der Waals surface area contributed by atoms with Crippen molar-refractivity contribution in [2.24, 2.45) is 11.8 Å². The molecule has 1 aliphatic heterocycles. The van der Waals surface area contributed by atoms with Crippen molar-refractivity contribution in [2.45, 2.75) is 109 Å². The predicted molar refractivity (Wildman–Crippen MR) is 210 cm³/mol. The largest absolute Gasteiger partial charge is 0.695 e. The smallest absolute Gasteiger partial charge is 0.474 e. The number of hydrogen-bond acceptors (Lipinski definition) is 17. The maximum Gasteiger partial charge on any atom is 0.695 e. The van der Waals surface area contributed by atoms with Gasteiger partial charge >= 0.3 is 15.0 Å². The number of nitrogens with zero attached hydrogens (tertiary/aromatic N) is 6. The molecule has 0 aromatic carbocycles. The van der Waals surface area contributed by atoms with E-state index in [0.29, 0.717) is 18.8 Å². The number of nitrogens with one attached hydrogen (secondary N) is 2. The van der Waals surface area contributed by atoms with Gasteiger partial charge in [-0.3, -0.25) is 18.9 Å². The molecule has 0 spiro atoms. The molecule has 4 N–H and O–H groups in total. The molecule has 0 radical (unpaired) electrons. The quantitative estimate of drug-likeness (QED) is 0.0724. The number of hydrogen-bond donors (Lipinski definition) is 4.